The van der Waals surface area contributed by atoms with E-state index in [-0.39, 0.29) is 21.8 Å². The number of sulfonamides is 1. The van der Waals surface area contributed by atoms with Crippen LogP contribution in [0.25, 0.3) is 0 Å². The van der Waals surface area contributed by atoms with Gasteiger partial charge in [0.15, 0.2) is 0 Å². The normalized spacial score (nSPS) is 11.1. The lowest BCUT2D eigenvalue weighted by Gasteiger charge is -2.11. The molecular formula is C20H16F2N2O3S. The van der Waals surface area contributed by atoms with Crippen molar-refractivity contribution in [3.63, 3.8) is 0 Å². The molecule has 0 spiro atoms. The molecule has 0 unspecified atom stereocenters. The minimum absolute atomic E-state index is 0.0556. The van der Waals surface area contributed by atoms with E-state index in [0.717, 1.165) is 12.1 Å². The standard InChI is InChI=1S/C20H16F2N2O3S/c1-13-9-10-15(21)12-19(13)23-20(25)14-5-4-6-16(11-14)28(26,27)24-18-8-3-2-7-17(18)22/h2-12,24H,1H3,(H,23,25). The fourth-order valence-electron chi connectivity index (χ4n) is 2.48. The molecule has 144 valence electrons. The van der Waals surface area contributed by atoms with E-state index in [2.05, 4.69) is 10.0 Å². The number of para-hydroxylation sites is 1. The van der Waals surface area contributed by atoms with Crippen LogP contribution in [-0.4, -0.2) is 14.3 Å². The first-order valence-corrected chi connectivity index (χ1v) is 9.69. The number of amides is 1. The van der Waals surface area contributed by atoms with Gasteiger partial charge in [0.2, 0.25) is 0 Å². The number of hydrogen-bond acceptors (Lipinski definition) is 3. The van der Waals surface area contributed by atoms with Crippen molar-refractivity contribution in [2.45, 2.75) is 11.8 Å². The highest BCUT2D eigenvalue weighted by molar-refractivity contribution is 7.92. The van der Waals surface area contributed by atoms with Crippen LogP contribution in [0.4, 0.5) is 20.2 Å². The maximum atomic E-state index is 13.7. The predicted octanol–water partition coefficient (Wildman–Crippen LogP) is 4.33. The second kappa shape index (κ2) is 7.77. The Morgan fingerprint density at radius 3 is 2.39 bits per heavy atom. The minimum Gasteiger partial charge on any atom is -0.322 e. The van der Waals surface area contributed by atoms with Gasteiger partial charge in [-0.25, -0.2) is 17.2 Å². The van der Waals surface area contributed by atoms with Gasteiger partial charge in [0.1, 0.15) is 11.6 Å². The van der Waals surface area contributed by atoms with Crippen molar-refractivity contribution in [2.75, 3.05) is 10.0 Å². The van der Waals surface area contributed by atoms with Crippen LogP contribution in [0.2, 0.25) is 0 Å². The molecule has 0 aliphatic heterocycles. The molecule has 2 N–H and O–H groups in total. The number of anilines is 2. The Morgan fingerprint density at radius 2 is 1.64 bits per heavy atom. The molecule has 3 aromatic rings. The quantitative estimate of drug-likeness (QED) is 0.667. The van der Waals surface area contributed by atoms with Gasteiger partial charge in [-0.15, -0.1) is 0 Å². The van der Waals surface area contributed by atoms with Crippen LogP contribution in [0.15, 0.2) is 71.6 Å². The van der Waals surface area contributed by atoms with Gasteiger partial charge in [-0.1, -0.05) is 24.3 Å². The number of carbonyl (C=O) groups excluding carboxylic acids is 1. The van der Waals surface area contributed by atoms with Gasteiger partial charge in [0, 0.05) is 11.3 Å². The molecule has 8 heteroatoms. The predicted molar refractivity (Wildman–Crippen MR) is 103 cm³/mol. The maximum Gasteiger partial charge on any atom is 0.262 e. The zero-order valence-corrected chi connectivity index (χ0v) is 15.6. The SMILES string of the molecule is Cc1ccc(F)cc1NC(=O)c1cccc(S(=O)(=O)Nc2ccccc2F)c1. The second-order valence-corrected chi connectivity index (χ2v) is 7.71. The first kappa shape index (κ1) is 19.5. The van der Waals surface area contributed by atoms with Gasteiger partial charge < -0.3 is 5.32 Å². The van der Waals surface area contributed by atoms with Gasteiger partial charge in [-0.3, -0.25) is 9.52 Å². The molecule has 1 amide bonds. The molecule has 3 aromatic carbocycles. The molecule has 0 saturated carbocycles. The van der Waals surface area contributed by atoms with Crippen LogP contribution >= 0.6 is 0 Å². The zero-order valence-electron chi connectivity index (χ0n) is 14.7. The summed E-state index contributed by atoms with van der Waals surface area (Å²) in [7, 11) is -4.11. The largest absolute Gasteiger partial charge is 0.322 e. The molecule has 0 fully saturated rings. The molecule has 3 rings (SSSR count). The van der Waals surface area contributed by atoms with Gasteiger partial charge in [0.05, 0.1) is 10.6 Å². The second-order valence-electron chi connectivity index (χ2n) is 6.03. The topological polar surface area (TPSA) is 75.3 Å². The molecular weight excluding hydrogens is 386 g/mol. The Kier molecular flexibility index (Phi) is 5.41. The van der Waals surface area contributed by atoms with E-state index in [4.69, 9.17) is 0 Å². The van der Waals surface area contributed by atoms with Crippen molar-refractivity contribution >= 4 is 27.3 Å². The third kappa shape index (κ3) is 4.34. The highest BCUT2D eigenvalue weighted by Crippen LogP contribution is 2.21. The minimum atomic E-state index is -4.11. The fraction of sp³-hybridized carbons (Fsp3) is 0.0500. The van der Waals surface area contributed by atoms with Crippen LogP contribution in [0.5, 0.6) is 0 Å². The van der Waals surface area contributed by atoms with E-state index in [1.807, 2.05) is 0 Å². The number of nitrogens with one attached hydrogen (secondary N) is 2. The summed E-state index contributed by atoms with van der Waals surface area (Å²) in [6.45, 7) is 1.70. The molecule has 0 heterocycles. The summed E-state index contributed by atoms with van der Waals surface area (Å²) in [6.07, 6.45) is 0. The highest BCUT2D eigenvalue weighted by atomic mass is 32.2. The van der Waals surface area contributed by atoms with Crippen molar-refractivity contribution in [1.82, 2.24) is 0 Å². The van der Waals surface area contributed by atoms with E-state index in [1.165, 1.54) is 54.6 Å². The van der Waals surface area contributed by atoms with Crippen molar-refractivity contribution in [3.05, 3.63) is 89.5 Å². The number of halogens is 2. The first-order chi connectivity index (χ1) is 13.3. The molecule has 5 nitrogen and oxygen atoms in total. The highest BCUT2D eigenvalue weighted by Gasteiger charge is 2.18. The van der Waals surface area contributed by atoms with Crippen LogP contribution < -0.4 is 10.0 Å². The summed E-state index contributed by atoms with van der Waals surface area (Å²) in [5.41, 5.74) is 0.787. The Balaban J connectivity index is 1.86. The summed E-state index contributed by atoms with van der Waals surface area (Å²) in [5, 5.41) is 2.55. The van der Waals surface area contributed by atoms with Crippen LogP contribution in [0, 0.1) is 18.6 Å². The molecule has 0 radical (unpaired) electrons. The summed E-state index contributed by atoms with van der Waals surface area (Å²) in [5.74, 6) is -1.83. The number of carbonyl (C=O) groups is 1. The third-order valence-electron chi connectivity index (χ3n) is 3.97. The van der Waals surface area contributed by atoms with E-state index in [0.29, 0.717) is 5.56 Å². The number of rotatable bonds is 5. The van der Waals surface area contributed by atoms with E-state index < -0.39 is 27.6 Å². The van der Waals surface area contributed by atoms with Gasteiger partial charge in [0.25, 0.3) is 15.9 Å². The molecule has 0 aromatic heterocycles. The average molecular weight is 402 g/mol. The number of benzene rings is 3. The van der Waals surface area contributed by atoms with E-state index in [1.54, 1.807) is 6.92 Å². The summed E-state index contributed by atoms with van der Waals surface area (Å²) < 4.78 is 54.3. The fourth-order valence-corrected chi connectivity index (χ4v) is 3.59. The Hall–Kier alpha value is -3.26. The van der Waals surface area contributed by atoms with Gasteiger partial charge >= 0.3 is 0 Å². The van der Waals surface area contributed by atoms with Crippen LogP contribution in [-0.2, 0) is 10.0 Å². The van der Waals surface area contributed by atoms with Crippen LogP contribution in [0.3, 0.4) is 0 Å². The van der Waals surface area contributed by atoms with Crippen molar-refractivity contribution in [2.24, 2.45) is 0 Å². The Morgan fingerprint density at radius 1 is 0.893 bits per heavy atom. The number of aryl methyl sites for hydroxylation is 1. The van der Waals surface area contributed by atoms with Gasteiger partial charge in [-0.2, -0.15) is 0 Å². The molecule has 0 aliphatic carbocycles. The van der Waals surface area contributed by atoms with E-state index in [9.17, 15) is 22.0 Å². The lowest BCUT2D eigenvalue weighted by molar-refractivity contribution is 0.102. The molecule has 0 atom stereocenters. The molecule has 0 aliphatic rings. The third-order valence-corrected chi connectivity index (χ3v) is 5.34. The van der Waals surface area contributed by atoms with Gasteiger partial charge in [-0.05, 0) is 55.0 Å². The maximum absolute atomic E-state index is 13.7. The lowest BCUT2D eigenvalue weighted by atomic mass is 10.1. The Labute approximate surface area is 161 Å². The number of hydrogen-bond donors (Lipinski definition) is 2. The van der Waals surface area contributed by atoms with Crippen molar-refractivity contribution in [1.29, 1.82) is 0 Å². The van der Waals surface area contributed by atoms with E-state index >= 15 is 0 Å². The summed E-state index contributed by atoms with van der Waals surface area (Å²) >= 11 is 0. The Bertz CT molecular complexity index is 1150. The van der Waals surface area contributed by atoms with Crippen LogP contribution in [0.1, 0.15) is 15.9 Å². The van der Waals surface area contributed by atoms with Crippen molar-refractivity contribution < 1.29 is 22.0 Å². The van der Waals surface area contributed by atoms with Crippen molar-refractivity contribution in [3.8, 4) is 0 Å². The first-order valence-electron chi connectivity index (χ1n) is 8.21. The monoisotopic (exact) mass is 402 g/mol. The zero-order chi connectivity index (χ0) is 20.3. The molecule has 0 bridgehead atoms. The molecule has 0 saturated heterocycles. The summed E-state index contributed by atoms with van der Waals surface area (Å²) in [6, 6.07) is 14.6. The smallest absolute Gasteiger partial charge is 0.262 e. The average Bonchev–Trinajstić information content (AvgIpc) is 2.66. The summed E-state index contributed by atoms with van der Waals surface area (Å²) in [4.78, 5) is 12.3. The molecule has 28 heavy (non-hydrogen) atoms. The lowest BCUT2D eigenvalue weighted by Crippen LogP contribution is -2.16.